The Kier molecular flexibility index (Phi) is 5.59. The van der Waals surface area contributed by atoms with Crippen LogP contribution in [-0.2, 0) is 4.79 Å². The first-order valence-electron chi connectivity index (χ1n) is 7.75. The first-order valence-corrected chi connectivity index (χ1v) is 7.75. The summed E-state index contributed by atoms with van der Waals surface area (Å²) >= 11 is 0. The molecule has 0 spiro atoms. The van der Waals surface area contributed by atoms with Gasteiger partial charge in [-0.1, -0.05) is 43.7 Å². The molecule has 116 valence electrons. The van der Waals surface area contributed by atoms with Crippen LogP contribution < -0.4 is 10.6 Å². The van der Waals surface area contributed by atoms with Gasteiger partial charge in [-0.05, 0) is 42.7 Å². The molecule has 0 unspecified atom stereocenters. The molecule has 3 nitrogen and oxygen atoms in total. The predicted octanol–water partition coefficient (Wildman–Crippen LogP) is 4.56. The molecule has 1 amide bonds. The standard InChI is InChI=1S/C19H24N2O/c1-14(2)16-6-10-18(11-7-16)21-19(22)12-13-20-17-8-4-15(3)5-9-17/h4-11,14,20H,12-13H2,1-3H3,(H,21,22). The second-order valence-electron chi connectivity index (χ2n) is 5.87. The van der Waals surface area contributed by atoms with Crippen LogP contribution in [0.3, 0.4) is 0 Å². The van der Waals surface area contributed by atoms with Crippen molar-refractivity contribution in [2.75, 3.05) is 17.2 Å². The SMILES string of the molecule is Cc1ccc(NCCC(=O)Nc2ccc(C(C)C)cc2)cc1. The molecule has 0 aliphatic heterocycles. The minimum atomic E-state index is 0.0249. The average Bonchev–Trinajstić information content (AvgIpc) is 2.50. The Labute approximate surface area is 132 Å². The maximum atomic E-state index is 11.9. The second-order valence-corrected chi connectivity index (χ2v) is 5.87. The Morgan fingerprint density at radius 2 is 1.55 bits per heavy atom. The number of benzene rings is 2. The van der Waals surface area contributed by atoms with Gasteiger partial charge in [-0.25, -0.2) is 0 Å². The number of rotatable bonds is 6. The molecular weight excluding hydrogens is 272 g/mol. The fraction of sp³-hybridized carbons (Fsp3) is 0.316. The molecule has 22 heavy (non-hydrogen) atoms. The number of hydrogen-bond acceptors (Lipinski definition) is 2. The van der Waals surface area contributed by atoms with Gasteiger partial charge in [0.25, 0.3) is 0 Å². The van der Waals surface area contributed by atoms with Gasteiger partial charge in [0.2, 0.25) is 5.91 Å². The van der Waals surface area contributed by atoms with Gasteiger partial charge in [-0.2, -0.15) is 0 Å². The third-order valence-electron chi connectivity index (χ3n) is 3.59. The van der Waals surface area contributed by atoms with Gasteiger partial charge < -0.3 is 10.6 Å². The summed E-state index contributed by atoms with van der Waals surface area (Å²) in [6.07, 6.45) is 0.444. The summed E-state index contributed by atoms with van der Waals surface area (Å²) in [7, 11) is 0. The summed E-state index contributed by atoms with van der Waals surface area (Å²) in [5.41, 5.74) is 4.40. The molecule has 0 atom stereocenters. The highest BCUT2D eigenvalue weighted by Crippen LogP contribution is 2.17. The van der Waals surface area contributed by atoms with Gasteiger partial charge in [0.05, 0.1) is 0 Å². The largest absolute Gasteiger partial charge is 0.385 e. The van der Waals surface area contributed by atoms with Gasteiger partial charge in [0.15, 0.2) is 0 Å². The van der Waals surface area contributed by atoms with E-state index in [1.54, 1.807) is 0 Å². The number of nitrogens with one attached hydrogen (secondary N) is 2. The molecule has 2 N–H and O–H groups in total. The first kappa shape index (κ1) is 16.1. The van der Waals surface area contributed by atoms with Crippen LogP contribution in [0.2, 0.25) is 0 Å². The lowest BCUT2D eigenvalue weighted by molar-refractivity contribution is -0.115. The van der Waals surface area contributed by atoms with Crippen LogP contribution in [0, 0.1) is 6.92 Å². The van der Waals surface area contributed by atoms with E-state index < -0.39 is 0 Å². The van der Waals surface area contributed by atoms with Gasteiger partial charge in [0, 0.05) is 24.3 Å². The van der Waals surface area contributed by atoms with Crippen molar-refractivity contribution in [1.82, 2.24) is 0 Å². The molecule has 0 bridgehead atoms. The number of hydrogen-bond donors (Lipinski definition) is 2. The molecule has 0 saturated carbocycles. The Hall–Kier alpha value is -2.29. The van der Waals surface area contributed by atoms with E-state index in [0.717, 1.165) is 11.4 Å². The third-order valence-corrected chi connectivity index (χ3v) is 3.59. The van der Waals surface area contributed by atoms with Crippen LogP contribution in [-0.4, -0.2) is 12.5 Å². The number of amides is 1. The molecular formula is C19H24N2O. The van der Waals surface area contributed by atoms with Crippen molar-refractivity contribution in [2.45, 2.75) is 33.1 Å². The van der Waals surface area contributed by atoms with Crippen molar-refractivity contribution >= 4 is 17.3 Å². The van der Waals surface area contributed by atoms with E-state index in [1.807, 2.05) is 24.3 Å². The number of carbonyl (C=O) groups is 1. The monoisotopic (exact) mass is 296 g/mol. The Morgan fingerprint density at radius 1 is 0.955 bits per heavy atom. The smallest absolute Gasteiger partial charge is 0.226 e. The van der Waals surface area contributed by atoms with Crippen molar-refractivity contribution in [3.8, 4) is 0 Å². The number of aryl methyl sites for hydroxylation is 1. The summed E-state index contributed by atoms with van der Waals surface area (Å²) < 4.78 is 0. The van der Waals surface area contributed by atoms with Gasteiger partial charge >= 0.3 is 0 Å². The van der Waals surface area contributed by atoms with Crippen LogP contribution in [0.1, 0.15) is 37.3 Å². The zero-order chi connectivity index (χ0) is 15.9. The van der Waals surface area contributed by atoms with E-state index in [1.165, 1.54) is 11.1 Å². The van der Waals surface area contributed by atoms with Crippen molar-refractivity contribution < 1.29 is 4.79 Å². The van der Waals surface area contributed by atoms with E-state index in [-0.39, 0.29) is 5.91 Å². The Balaban J connectivity index is 1.76. The minimum absolute atomic E-state index is 0.0249. The summed E-state index contributed by atoms with van der Waals surface area (Å²) in [5, 5.41) is 6.18. The van der Waals surface area contributed by atoms with Gasteiger partial charge in [-0.3, -0.25) is 4.79 Å². The molecule has 3 heteroatoms. The molecule has 2 rings (SSSR count). The summed E-state index contributed by atoms with van der Waals surface area (Å²) in [6, 6.07) is 16.2. The highest BCUT2D eigenvalue weighted by atomic mass is 16.1. The fourth-order valence-corrected chi connectivity index (χ4v) is 2.17. The molecule has 2 aromatic carbocycles. The Morgan fingerprint density at radius 3 is 2.14 bits per heavy atom. The average molecular weight is 296 g/mol. The van der Waals surface area contributed by atoms with Crippen LogP contribution in [0.15, 0.2) is 48.5 Å². The van der Waals surface area contributed by atoms with Crippen molar-refractivity contribution in [3.05, 3.63) is 59.7 Å². The van der Waals surface area contributed by atoms with Crippen LogP contribution >= 0.6 is 0 Å². The van der Waals surface area contributed by atoms with Crippen molar-refractivity contribution in [2.24, 2.45) is 0 Å². The summed E-state index contributed by atoms with van der Waals surface area (Å²) in [5.74, 6) is 0.528. The fourth-order valence-electron chi connectivity index (χ4n) is 2.17. The molecule has 0 aliphatic carbocycles. The zero-order valence-electron chi connectivity index (χ0n) is 13.5. The van der Waals surface area contributed by atoms with E-state index in [9.17, 15) is 4.79 Å². The molecule has 0 fully saturated rings. The Bertz CT molecular complexity index is 600. The van der Waals surface area contributed by atoms with E-state index in [0.29, 0.717) is 18.9 Å². The lowest BCUT2D eigenvalue weighted by Crippen LogP contribution is -2.16. The maximum absolute atomic E-state index is 11.9. The van der Waals surface area contributed by atoms with Crippen LogP contribution in [0.5, 0.6) is 0 Å². The molecule has 0 radical (unpaired) electrons. The summed E-state index contributed by atoms with van der Waals surface area (Å²) in [4.78, 5) is 11.9. The normalized spacial score (nSPS) is 10.5. The molecule has 0 aliphatic rings. The number of anilines is 2. The predicted molar refractivity (Wildman–Crippen MR) is 93.4 cm³/mol. The van der Waals surface area contributed by atoms with E-state index in [4.69, 9.17) is 0 Å². The number of carbonyl (C=O) groups excluding carboxylic acids is 1. The second kappa shape index (κ2) is 7.64. The molecule has 0 heterocycles. The lowest BCUT2D eigenvalue weighted by atomic mass is 10.0. The zero-order valence-corrected chi connectivity index (χ0v) is 13.5. The summed E-state index contributed by atoms with van der Waals surface area (Å²) in [6.45, 7) is 7.00. The van der Waals surface area contributed by atoms with Gasteiger partial charge in [-0.15, -0.1) is 0 Å². The van der Waals surface area contributed by atoms with Crippen LogP contribution in [0.25, 0.3) is 0 Å². The third kappa shape index (κ3) is 4.92. The lowest BCUT2D eigenvalue weighted by Gasteiger charge is -2.09. The van der Waals surface area contributed by atoms with Crippen molar-refractivity contribution in [1.29, 1.82) is 0 Å². The highest BCUT2D eigenvalue weighted by molar-refractivity contribution is 5.91. The van der Waals surface area contributed by atoms with E-state index in [2.05, 4.69) is 55.7 Å². The van der Waals surface area contributed by atoms with E-state index >= 15 is 0 Å². The van der Waals surface area contributed by atoms with Crippen molar-refractivity contribution in [3.63, 3.8) is 0 Å². The molecule has 2 aromatic rings. The van der Waals surface area contributed by atoms with Crippen LogP contribution in [0.4, 0.5) is 11.4 Å². The quantitative estimate of drug-likeness (QED) is 0.820. The highest BCUT2D eigenvalue weighted by Gasteiger charge is 2.03. The first-order chi connectivity index (χ1) is 10.5. The molecule has 0 saturated heterocycles. The topological polar surface area (TPSA) is 41.1 Å². The maximum Gasteiger partial charge on any atom is 0.226 e. The molecule has 0 aromatic heterocycles. The van der Waals surface area contributed by atoms with Gasteiger partial charge in [0.1, 0.15) is 0 Å². The minimum Gasteiger partial charge on any atom is -0.385 e.